The van der Waals surface area contributed by atoms with E-state index in [2.05, 4.69) is 10.6 Å². The molecule has 8 nitrogen and oxygen atoms in total. The van der Waals surface area contributed by atoms with E-state index in [4.69, 9.17) is 18.9 Å². The number of carbonyl (C=O) groups is 2. The van der Waals surface area contributed by atoms with Crippen LogP contribution in [0.5, 0.6) is 23.0 Å². The number of fused-ring (bicyclic) bond motifs is 2. The fourth-order valence-corrected chi connectivity index (χ4v) is 3.09. The molecule has 2 N–H and O–H groups in total. The molecule has 2 aromatic carbocycles. The second kappa shape index (κ2) is 8.72. The molecule has 0 saturated carbocycles. The first-order chi connectivity index (χ1) is 14.2. The molecule has 0 aliphatic carbocycles. The Morgan fingerprint density at radius 1 is 0.690 bits per heavy atom. The first kappa shape index (κ1) is 18.9. The molecule has 0 radical (unpaired) electrons. The molecular weight excluding hydrogens is 376 g/mol. The summed E-state index contributed by atoms with van der Waals surface area (Å²) in [5.74, 6) is 2.63. The van der Waals surface area contributed by atoms with E-state index in [1.807, 2.05) is 36.4 Å². The van der Waals surface area contributed by atoms with Crippen molar-refractivity contribution in [3.63, 3.8) is 0 Å². The van der Waals surface area contributed by atoms with Crippen LogP contribution in [-0.2, 0) is 22.7 Å². The van der Waals surface area contributed by atoms with Gasteiger partial charge in [-0.1, -0.05) is 12.1 Å². The SMILES string of the molecule is O=C(CCCC(=O)NCc1ccc2c(c1)OCO2)NCc1ccc2c(c1)OCO2. The molecule has 0 bridgehead atoms. The summed E-state index contributed by atoms with van der Waals surface area (Å²) in [4.78, 5) is 24.0. The molecule has 152 valence electrons. The average Bonchev–Trinajstić information content (AvgIpc) is 3.39. The number of nitrogens with one attached hydrogen (secondary N) is 2. The van der Waals surface area contributed by atoms with Crippen LogP contribution in [0.25, 0.3) is 0 Å². The number of hydrogen-bond donors (Lipinski definition) is 2. The maximum absolute atomic E-state index is 12.0. The van der Waals surface area contributed by atoms with Crippen molar-refractivity contribution in [3.8, 4) is 23.0 Å². The van der Waals surface area contributed by atoms with E-state index in [0.29, 0.717) is 55.4 Å². The summed E-state index contributed by atoms with van der Waals surface area (Å²) in [6.45, 7) is 1.27. The first-order valence-electron chi connectivity index (χ1n) is 9.48. The highest BCUT2D eigenvalue weighted by atomic mass is 16.7. The Bertz CT molecular complexity index is 841. The van der Waals surface area contributed by atoms with Gasteiger partial charge in [0.15, 0.2) is 23.0 Å². The van der Waals surface area contributed by atoms with Crippen LogP contribution in [0.15, 0.2) is 36.4 Å². The molecule has 2 heterocycles. The quantitative estimate of drug-likeness (QED) is 0.708. The lowest BCUT2D eigenvalue weighted by Crippen LogP contribution is -2.25. The molecule has 0 fully saturated rings. The third-order valence-corrected chi connectivity index (χ3v) is 4.66. The molecule has 29 heavy (non-hydrogen) atoms. The fourth-order valence-electron chi connectivity index (χ4n) is 3.09. The Morgan fingerprint density at radius 3 is 1.62 bits per heavy atom. The molecular formula is C21H22N2O6. The van der Waals surface area contributed by atoms with Gasteiger partial charge in [0.1, 0.15) is 0 Å². The summed E-state index contributed by atoms with van der Waals surface area (Å²) in [5, 5.41) is 5.71. The smallest absolute Gasteiger partial charge is 0.231 e. The first-order valence-corrected chi connectivity index (χ1v) is 9.48. The van der Waals surface area contributed by atoms with E-state index in [0.717, 1.165) is 11.1 Å². The molecule has 2 aliphatic heterocycles. The summed E-state index contributed by atoms with van der Waals surface area (Å²) >= 11 is 0. The number of hydrogen-bond acceptors (Lipinski definition) is 6. The molecule has 0 atom stereocenters. The Kier molecular flexibility index (Phi) is 5.69. The highest BCUT2D eigenvalue weighted by Crippen LogP contribution is 2.33. The van der Waals surface area contributed by atoms with Crippen molar-refractivity contribution < 1.29 is 28.5 Å². The van der Waals surface area contributed by atoms with Gasteiger partial charge in [-0.05, 0) is 41.8 Å². The topological polar surface area (TPSA) is 95.1 Å². The fraction of sp³-hybridized carbons (Fsp3) is 0.333. The lowest BCUT2D eigenvalue weighted by Gasteiger charge is -2.08. The molecule has 0 saturated heterocycles. The number of amides is 2. The van der Waals surface area contributed by atoms with Crippen LogP contribution < -0.4 is 29.6 Å². The van der Waals surface area contributed by atoms with E-state index >= 15 is 0 Å². The Balaban J connectivity index is 1.12. The zero-order valence-electron chi connectivity index (χ0n) is 15.9. The Hall–Kier alpha value is -3.42. The van der Waals surface area contributed by atoms with E-state index in [1.165, 1.54) is 0 Å². The van der Waals surface area contributed by atoms with Crippen LogP contribution in [-0.4, -0.2) is 25.4 Å². The monoisotopic (exact) mass is 398 g/mol. The predicted molar refractivity (Wildman–Crippen MR) is 103 cm³/mol. The maximum Gasteiger partial charge on any atom is 0.231 e. The minimum absolute atomic E-state index is 0.0914. The average molecular weight is 398 g/mol. The van der Waals surface area contributed by atoms with Gasteiger partial charge >= 0.3 is 0 Å². The summed E-state index contributed by atoms with van der Waals surface area (Å²) < 4.78 is 21.2. The molecule has 2 aliphatic rings. The zero-order chi connectivity index (χ0) is 20.1. The summed E-state index contributed by atoms with van der Waals surface area (Å²) in [5.41, 5.74) is 1.87. The minimum Gasteiger partial charge on any atom is -0.454 e. The largest absolute Gasteiger partial charge is 0.454 e. The molecule has 4 rings (SSSR count). The van der Waals surface area contributed by atoms with E-state index < -0.39 is 0 Å². The number of rotatable bonds is 8. The highest BCUT2D eigenvalue weighted by molar-refractivity contribution is 5.78. The second-order valence-electron chi connectivity index (χ2n) is 6.78. The highest BCUT2D eigenvalue weighted by Gasteiger charge is 2.14. The molecule has 2 amide bonds. The normalized spacial score (nSPS) is 13.2. The second-order valence-corrected chi connectivity index (χ2v) is 6.78. The summed E-state index contributed by atoms with van der Waals surface area (Å²) in [7, 11) is 0. The van der Waals surface area contributed by atoms with Crippen LogP contribution in [0.1, 0.15) is 30.4 Å². The van der Waals surface area contributed by atoms with Crippen LogP contribution in [0, 0.1) is 0 Å². The van der Waals surface area contributed by atoms with Crippen molar-refractivity contribution in [1.82, 2.24) is 10.6 Å². The maximum atomic E-state index is 12.0. The summed E-state index contributed by atoms with van der Waals surface area (Å²) in [6.07, 6.45) is 1.07. The summed E-state index contributed by atoms with van der Waals surface area (Å²) in [6, 6.07) is 11.1. The zero-order valence-corrected chi connectivity index (χ0v) is 15.9. The van der Waals surface area contributed by atoms with Crippen LogP contribution in [0.2, 0.25) is 0 Å². The number of ether oxygens (including phenoxy) is 4. The number of carbonyl (C=O) groups excluding carboxylic acids is 2. The van der Waals surface area contributed by atoms with Crippen molar-refractivity contribution in [3.05, 3.63) is 47.5 Å². The lowest BCUT2D eigenvalue weighted by atomic mass is 10.1. The number of benzene rings is 2. The van der Waals surface area contributed by atoms with Gasteiger partial charge in [0.2, 0.25) is 25.4 Å². The third-order valence-electron chi connectivity index (χ3n) is 4.66. The van der Waals surface area contributed by atoms with E-state index in [9.17, 15) is 9.59 Å². The van der Waals surface area contributed by atoms with Crippen molar-refractivity contribution >= 4 is 11.8 Å². The van der Waals surface area contributed by atoms with E-state index in [1.54, 1.807) is 0 Å². The third kappa shape index (κ3) is 4.90. The van der Waals surface area contributed by atoms with Crippen molar-refractivity contribution in [2.75, 3.05) is 13.6 Å². The molecule has 8 heteroatoms. The van der Waals surface area contributed by atoms with Gasteiger partial charge < -0.3 is 29.6 Å². The molecule has 0 aromatic heterocycles. The standard InChI is InChI=1S/C21H22N2O6/c24-20(22-10-14-4-6-16-18(8-14)28-12-26-16)2-1-3-21(25)23-11-15-5-7-17-19(9-15)29-13-27-17/h4-9H,1-3,10-13H2,(H,22,24)(H,23,25). The van der Waals surface area contributed by atoms with E-state index in [-0.39, 0.29) is 25.4 Å². The molecule has 0 spiro atoms. The van der Waals surface area contributed by atoms with Gasteiger partial charge in [-0.3, -0.25) is 9.59 Å². The van der Waals surface area contributed by atoms with Crippen LogP contribution in [0.3, 0.4) is 0 Å². The van der Waals surface area contributed by atoms with Gasteiger partial charge in [-0.25, -0.2) is 0 Å². The van der Waals surface area contributed by atoms with Crippen LogP contribution in [0.4, 0.5) is 0 Å². The van der Waals surface area contributed by atoms with Crippen molar-refractivity contribution in [2.45, 2.75) is 32.4 Å². The van der Waals surface area contributed by atoms with Gasteiger partial charge in [0, 0.05) is 25.9 Å². The lowest BCUT2D eigenvalue weighted by molar-refractivity contribution is -0.122. The Labute approximate surface area is 168 Å². The Morgan fingerprint density at radius 2 is 1.14 bits per heavy atom. The van der Waals surface area contributed by atoms with Crippen molar-refractivity contribution in [1.29, 1.82) is 0 Å². The van der Waals surface area contributed by atoms with Gasteiger partial charge in [0.25, 0.3) is 0 Å². The van der Waals surface area contributed by atoms with Gasteiger partial charge in [-0.2, -0.15) is 0 Å². The van der Waals surface area contributed by atoms with Crippen LogP contribution >= 0.6 is 0 Å². The molecule has 2 aromatic rings. The minimum atomic E-state index is -0.0914. The van der Waals surface area contributed by atoms with Gasteiger partial charge in [-0.15, -0.1) is 0 Å². The van der Waals surface area contributed by atoms with Crippen molar-refractivity contribution in [2.24, 2.45) is 0 Å². The molecule has 0 unspecified atom stereocenters. The van der Waals surface area contributed by atoms with Gasteiger partial charge in [0.05, 0.1) is 0 Å². The predicted octanol–water partition coefficient (Wildman–Crippen LogP) is 2.25.